The summed E-state index contributed by atoms with van der Waals surface area (Å²) in [5.41, 5.74) is 3.76. The van der Waals surface area contributed by atoms with Crippen LogP contribution in [0.5, 0.6) is 0 Å². The molecule has 0 saturated carbocycles. The van der Waals surface area contributed by atoms with Crippen molar-refractivity contribution >= 4 is 17.5 Å². The van der Waals surface area contributed by atoms with Crippen LogP contribution in [0, 0.1) is 5.92 Å². The van der Waals surface area contributed by atoms with Gasteiger partial charge in [0.2, 0.25) is 5.91 Å². The van der Waals surface area contributed by atoms with E-state index in [2.05, 4.69) is 67.9 Å². The van der Waals surface area contributed by atoms with E-state index < -0.39 is 0 Å². The van der Waals surface area contributed by atoms with Crippen LogP contribution in [0.1, 0.15) is 67.6 Å². The molecule has 0 aromatic heterocycles. The Balaban J connectivity index is 1.96. The standard InChI is InChI=1S/C24H33N3O2/c1-6-17(4)18-7-9-19(10-8-18)23(16(2)3)26-15-22(28)27-21-13-11-20(12-14-21)24(29)25-5/h7-14,16-17,23,26H,6,15H2,1-5H3,(H,25,29)(H,27,28)/t17-,23+/m1/s1. The summed E-state index contributed by atoms with van der Waals surface area (Å²) in [5, 5.41) is 8.83. The van der Waals surface area contributed by atoms with Gasteiger partial charge in [0, 0.05) is 24.3 Å². The molecule has 5 nitrogen and oxygen atoms in total. The SMILES string of the molecule is CC[C@@H](C)c1ccc([C@@H](NCC(=O)Nc2ccc(C(=O)NC)cc2)C(C)C)cc1. The van der Waals surface area contributed by atoms with Crippen molar-refractivity contribution in [2.75, 3.05) is 18.9 Å². The second kappa shape index (κ2) is 10.8. The first kappa shape index (κ1) is 22.6. The Bertz CT molecular complexity index is 798. The Morgan fingerprint density at radius 2 is 1.48 bits per heavy atom. The third kappa shape index (κ3) is 6.43. The van der Waals surface area contributed by atoms with Gasteiger partial charge in [-0.15, -0.1) is 0 Å². The van der Waals surface area contributed by atoms with Gasteiger partial charge in [-0.05, 0) is 53.6 Å². The fourth-order valence-electron chi connectivity index (χ4n) is 3.26. The molecule has 5 heteroatoms. The van der Waals surface area contributed by atoms with Crippen molar-refractivity contribution in [3.05, 3.63) is 65.2 Å². The number of carbonyl (C=O) groups excluding carboxylic acids is 2. The van der Waals surface area contributed by atoms with Crippen LogP contribution in [-0.2, 0) is 4.79 Å². The maximum absolute atomic E-state index is 12.4. The average molecular weight is 396 g/mol. The van der Waals surface area contributed by atoms with E-state index in [1.54, 1.807) is 31.3 Å². The zero-order valence-corrected chi connectivity index (χ0v) is 18.1. The highest BCUT2D eigenvalue weighted by Gasteiger charge is 2.17. The first-order valence-corrected chi connectivity index (χ1v) is 10.3. The molecule has 2 aromatic carbocycles. The van der Waals surface area contributed by atoms with Gasteiger partial charge < -0.3 is 16.0 Å². The van der Waals surface area contributed by atoms with E-state index in [0.717, 1.165) is 6.42 Å². The van der Waals surface area contributed by atoms with E-state index >= 15 is 0 Å². The Labute approximate surface area is 174 Å². The van der Waals surface area contributed by atoms with Gasteiger partial charge in [0.1, 0.15) is 0 Å². The van der Waals surface area contributed by atoms with Gasteiger partial charge in [0.25, 0.3) is 5.91 Å². The molecule has 0 aliphatic carbocycles. The number of carbonyl (C=O) groups is 2. The lowest BCUT2D eigenvalue weighted by Gasteiger charge is -2.23. The van der Waals surface area contributed by atoms with E-state index in [9.17, 15) is 9.59 Å². The van der Waals surface area contributed by atoms with E-state index in [0.29, 0.717) is 23.1 Å². The zero-order chi connectivity index (χ0) is 21.4. The molecule has 156 valence electrons. The Kier molecular flexibility index (Phi) is 8.40. The largest absolute Gasteiger partial charge is 0.355 e. The molecule has 2 rings (SSSR count). The average Bonchev–Trinajstić information content (AvgIpc) is 2.73. The Morgan fingerprint density at radius 1 is 0.897 bits per heavy atom. The summed E-state index contributed by atoms with van der Waals surface area (Å²) < 4.78 is 0. The molecule has 0 unspecified atom stereocenters. The quantitative estimate of drug-likeness (QED) is 0.586. The number of nitrogens with one attached hydrogen (secondary N) is 3. The van der Waals surface area contributed by atoms with Crippen molar-refractivity contribution in [3.8, 4) is 0 Å². The summed E-state index contributed by atoms with van der Waals surface area (Å²) in [5.74, 6) is 0.641. The summed E-state index contributed by atoms with van der Waals surface area (Å²) in [4.78, 5) is 24.0. The van der Waals surface area contributed by atoms with E-state index in [4.69, 9.17) is 0 Å². The number of hydrogen-bond donors (Lipinski definition) is 3. The molecular weight excluding hydrogens is 362 g/mol. The van der Waals surface area contributed by atoms with Gasteiger partial charge in [-0.1, -0.05) is 52.0 Å². The van der Waals surface area contributed by atoms with Crippen molar-refractivity contribution in [1.29, 1.82) is 0 Å². The minimum absolute atomic E-state index is 0.0994. The van der Waals surface area contributed by atoms with Gasteiger partial charge in [-0.3, -0.25) is 9.59 Å². The van der Waals surface area contributed by atoms with Crippen LogP contribution in [0.4, 0.5) is 5.69 Å². The zero-order valence-electron chi connectivity index (χ0n) is 18.1. The lowest BCUT2D eigenvalue weighted by molar-refractivity contribution is -0.115. The third-order valence-electron chi connectivity index (χ3n) is 5.28. The van der Waals surface area contributed by atoms with Crippen LogP contribution >= 0.6 is 0 Å². The van der Waals surface area contributed by atoms with Crippen LogP contribution in [-0.4, -0.2) is 25.4 Å². The fourth-order valence-corrected chi connectivity index (χ4v) is 3.26. The number of hydrogen-bond acceptors (Lipinski definition) is 3. The maximum Gasteiger partial charge on any atom is 0.251 e. The number of rotatable bonds is 9. The summed E-state index contributed by atoms with van der Waals surface area (Å²) in [6.45, 7) is 8.94. The van der Waals surface area contributed by atoms with Crippen LogP contribution < -0.4 is 16.0 Å². The maximum atomic E-state index is 12.4. The highest BCUT2D eigenvalue weighted by atomic mass is 16.2. The van der Waals surface area contributed by atoms with Crippen molar-refractivity contribution in [1.82, 2.24) is 10.6 Å². The van der Waals surface area contributed by atoms with Crippen molar-refractivity contribution in [2.24, 2.45) is 5.92 Å². The lowest BCUT2D eigenvalue weighted by Crippen LogP contribution is -2.33. The molecule has 29 heavy (non-hydrogen) atoms. The van der Waals surface area contributed by atoms with Crippen LogP contribution in [0.25, 0.3) is 0 Å². The van der Waals surface area contributed by atoms with Crippen LogP contribution in [0.15, 0.2) is 48.5 Å². The molecule has 0 radical (unpaired) electrons. The molecule has 2 atom stereocenters. The van der Waals surface area contributed by atoms with E-state index in [1.807, 2.05) is 0 Å². The Morgan fingerprint density at radius 3 is 2.00 bits per heavy atom. The minimum atomic E-state index is -0.149. The van der Waals surface area contributed by atoms with E-state index in [1.165, 1.54) is 11.1 Å². The predicted molar refractivity (Wildman–Crippen MR) is 119 cm³/mol. The highest BCUT2D eigenvalue weighted by Crippen LogP contribution is 2.25. The van der Waals surface area contributed by atoms with Gasteiger partial charge in [-0.2, -0.15) is 0 Å². The monoisotopic (exact) mass is 395 g/mol. The fraction of sp³-hybridized carbons (Fsp3) is 0.417. The smallest absolute Gasteiger partial charge is 0.251 e. The normalized spacial score (nSPS) is 13.0. The topological polar surface area (TPSA) is 70.2 Å². The summed E-state index contributed by atoms with van der Waals surface area (Å²) >= 11 is 0. The molecule has 0 aliphatic heterocycles. The molecule has 0 aliphatic rings. The second-order valence-electron chi connectivity index (χ2n) is 7.78. The van der Waals surface area contributed by atoms with Gasteiger partial charge in [-0.25, -0.2) is 0 Å². The minimum Gasteiger partial charge on any atom is -0.355 e. The number of amides is 2. The van der Waals surface area contributed by atoms with E-state index in [-0.39, 0.29) is 24.4 Å². The molecule has 2 aromatic rings. The van der Waals surface area contributed by atoms with Crippen molar-refractivity contribution in [2.45, 2.75) is 46.1 Å². The van der Waals surface area contributed by atoms with Gasteiger partial charge >= 0.3 is 0 Å². The molecule has 2 amide bonds. The molecule has 0 saturated heterocycles. The highest BCUT2D eigenvalue weighted by molar-refractivity contribution is 5.96. The Hall–Kier alpha value is -2.66. The number of benzene rings is 2. The molecule has 0 heterocycles. The third-order valence-corrected chi connectivity index (χ3v) is 5.28. The molecule has 0 bridgehead atoms. The molecule has 0 fully saturated rings. The summed E-state index contributed by atoms with van der Waals surface area (Å²) in [7, 11) is 1.59. The van der Waals surface area contributed by atoms with Crippen LogP contribution in [0.3, 0.4) is 0 Å². The first-order chi connectivity index (χ1) is 13.8. The van der Waals surface area contributed by atoms with Gasteiger partial charge in [0.05, 0.1) is 6.54 Å². The predicted octanol–water partition coefficient (Wildman–Crippen LogP) is 4.49. The second-order valence-corrected chi connectivity index (χ2v) is 7.78. The summed E-state index contributed by atoms with van der Waals surface area (Å²) in [6.07, 6.45) is 1.12. The molecule has 3 N–H and O–H groups in total. The molecule has 0 spiro atoms. The molecular formula is C24H33N3O2. The van der Waals surface area contributed by atoms with Crippen LogP contribution in [0.2, 0.25) is 0 Å². The van der Waals surface area contributed by atoms with Crippen molar-refractivity contribution < 1.29 is 9.59 Å². The van der Waals surface area contributed by atoms with Crippen molar-refractivity contribution in [3.63, 3.8) is 0 Å². The number of anilines is 1. The lowest BCUT2D eigenvalue weighted by atomic mass is 9.92. The van der Waals surface area contributed by atoms with Gasteiger partial charge in [0.15, 0.2) is 0 Å². The first-order valence-electron chi connectivity index (χ1n) is 10.3. The summed E-state index contributed by atoms with van der Waals surface area (Å²) in [6, 6.07) is 15.6.